The van der Waals surface area contributed by atoms with Crippen LogP contribution in [0.2, 0.25) is 0 Å². The molecule has 0 atom stereocenters. The van der Waals surface area contributed by atoms with Crippen LogP contribution in [0.1, 0.15) is 5.56 Å². The summed E-state index contributed by atoms with van der Waals surface area (Å²) in [6.45, 7) is 0.681. The van der Waals surface area contributed by atoms with Gasteiger partial charge in [-0.25, -0.2) is 4.98 Å². The Labute approximate surface area is 146 Å². The van der Waals surface area contributed by atoms with E-state index >= 15 is 0 Å². The number of rotatable bonds is 0. The van der Waals surface area contributed by atoms with Crippen molar-refractivity contribution in [3.8, 4) is 11.5 Å². The molecule has 0 aliphatic carbocycles. The number of para-hydroxylation sites is 1. The van der Waals surface area contributed by atoms with E-state index in [2.05, 4.69) is 29.2 Å². The lowest BCUT2D eigenvalue weighted by Crippen LogP contribution is -2.26. The van der Waals surface area contributed by atoms with Gasteiger partial charge in [-0.1, -0.05) is 36.4 Å². The molecular formula is C20H13N3OS. The highest BCUT2D eigenvalue weighted by Gasteiger charge is 2.25. The summed E-state index contributed by atoms with van der Waals surface area (Å²) in [5.41, 5.74) is 4.25. The Morgan fingerprint density at radius 3 is 2.76 bits per heavy atom. The third-order valence-corrected chi connectivity index (χ3v) is 6.25. The number of nitrogens with one attached hydrogen (secondary N) is 1. The zero-order chi connectivity index (χ0) is 16.5. The van der Waals surface area contributed by atoms with Gasteiger partial charge in [0.25, 0.3) is 5.56 Å². The van der Waals surface area contributed by atoms with Crippen LogP contribution in [0.15, 0.2) is 53.3 Å². The van der Waals surface area contributed by atoms with Gasteiger partial charge >= 0.3 is 0 Å². The Hall–Kier alpha value is -2.92. The third-order valence-electron chi connectivity index (χ3n) is 5.10. The average molecular weight is 343 g/mol. The van der Waals surface area contributed by atoms with Gasteiger partial charge in [-0.2, -0.15) is 0 Å². The standard InChI is InChI=1S/C20H13N3OS/c24-20-18-16(13-6-2-4-8-15(13)25-18)22-19-17-12(9-10-23(19)20)11-5-1-3-7-14(11)21-17/h1-8,21H,9-10H2. The Balaban J connectivity index is 1.78. The smallest absolute Gasteiger partial charge is 0.271 e. The van der Waals surface area contributed by atoms with Crippen molar-refractivity contribution in [3.63, 3.8) is 0 Å². The first-order chi connectivity index (χ1) is 12.3. The van der Waals surface area contributed by atoms with Crippen LogP contribution in [-0.4, -0.2) is 14.5 Å². The summed E-state index contributed by atoms with van der Waals surface area (Å²) < 4.78 is 3.70. The molecular weight excluding hydrogens is 330 g/mol. The van der Waals surface area contributed by atoms with Crippen molar-refractivity contribution in [2.24, 2.45) is 0 Å². The fourth-order valence-corrected chi connectivity index (χ4v) is 5.04. The van der Waals surface area contributed by atoms with E-state index in [0.717, 1.165) is 43.8 Å². The molecule has 0 saturated carbocycles. The molecule has 1 aliphatic heterocycles. The Morgan fingerprint density at radius 2 is 1.84 bits per heavy atom. The summed E-state index contributed by atoms with van der Waals surface area (Å²) in [5.74, 6) is 0.763. The maximum Gasteiger partial charge on any atom is 0.271 e. The number of nitrogens with zero attached hydrogens (tertiary/aromatic N) is 2. The molecule has 120 valence electrons. The minimum atomic E-state index is 0.0745. The highest BCUT2D eigenvalue weighted by Crippen LogP contribution is 2.36. The molecule has 1 aliphatic rings. The second kappa shape index (κ2) is 4.58. The van der Waals surface area contributed by atoms with E-state index < -0.39 is 0 Å². The molecule has 1 N–H and O–H groups in total. The molecule has 0 fully saturated rings. The molecule has 4 heterocycles. The lowest BCUT2D eigenvalue weighted by Gasteiger charge is -2.18. The highest BCUT2D eigenvalue weighted by atomic mass is 32.1. The van der Waals surface area contributed by atoms with Crippen LogP contribution in [0.5, 0.6) is 0 Å². The lowest BCUT2D eigenvalue weighted by molar-refractivity contribution is 0.654. The number of aromatic amines is 1. The van der Waals surface area contributed by atoms with Crippen molar-refractivity contribution < 1.29 is 0 Å². The van der Waals surface area contributed by atoms with Crippen LogP contribution in [0, 0.1) is 0 Å². The number of aromatic nitrogens is 3. The molecule has 0 radical (unpaired) electrons. The highest BCUT2D eigenvalue weighted by molar-refractivity contribution is 7.25. The van der Waals surface area contributed by atoms with E-state index in [1.807, 2.05) is 28.8 Å². The summed E-state index contributed by atoms with van der Waals surface area (Å²) in [4.78, 5) is 21.5. The van der Waals surface area contributed by atoms with E-state index in [1.165, 1.54) is 10.9 Å². The van der Waals surface area contributed by atoms with Crippen LogP contribution in [0.4, 0.5) is 0 Å². The number of benzene rings is 2. The third kappa shape index (κ3) is 1.66. The zero-order valence-electron chi connectivity index (χ0n) is 13.2. The Kier molecular flexibility index (Phi) is 2.45. The molecule has 0 amide bonds. The van der Waals surface area contributed by atoms with E-state index in [4.69, 9.17) is 4.98 Å². The first-order valence-corrected chi connectivity index (χ1v) is 9.15. The van der Waals surface area contributed by atoms with Gasteiger partial charge in [-0.3, -0.25) is 9.36 Å². The largest absolute Gasteiger partial charge is 0.352 e. The van der Waals surface area contributed by atoms with E-state index in [9.17, 15) is 4.79 Å². The minimum Gasteiger partial charge on any atom is -0.352 e. The van der Waals surface area contributed by atoms with Gasteiger partial charge < -0.3 is 4.98 Å². The summed E-state index contributed by atoms with van der Waals surface area (Å²) >= 11 is 1.54. The molecule has 0 saturated heterocycles. The second-order valence-corrected chi connectivity index (χ2v) is 7.49. The quantitative estimate of drug-likeness (QED) is 0.455. The first kappa shape index (κ1) is 13.4. The van der Waals surface area contributed by atoms with Crippen molar-refractivity contribution in [1.82, 2.24) is 14.5 Å². The molecule has 0 bridgehead atoms. The zero-order valence-corrected chi connectivity index (χ0v) is 14.1. The number of thiophene rings is 1. The van der Waals surface area contributed by atoms with Crippen molar-refractivity contribution in [3.05, 3.63) is 64.4 Å². The average Bonchev–Trinajstić information content (AvgIpc) is 3.21. The van der Waals surface area contributed by atoms with Gasteiger partial charge in [0, 0.05) is 27.5 Å². The van der Waals surface area contributed by atoms with Crippen LogP contribution in [0.25, 0.3) is 42.7 Å². The fraction of sp³-hybridized carbons (Fsp3) is 0.100. The van der Waals surface area contributed by atoms with Gasteiger partial charge in [-0.15, -0.1) is 11.3 Å². The van der Waals surface area contributed by atoms with Crippen molar-refractivity contribution >= 4 is 42.5 Å². The van der Waals surface area contributed by atoms with Crippen LogP contribution in [-0.2, 0) is 13.0 Å². The van der Waals surface area contributed by atoms with E-state index in [-0.39, 0.29) is 5.56 Å². The predicted molar refractivity (Wildman–Crippen MR) is 102 cm³/mol. The van der Waals surface area contributed by atoms with Gasteiger partial charge in [0.15, 0.2) is 5.82 Å². The van der Waals surface area contributed by atoms with Crippen LogP contribution < -0.4 is 5.56 Å². The number of fused-ring (bicyclic) bond motifs is 8. The lowest BCUT2D eigenvalue weighted by atomic mass is 10.0. The molecule has 0 unspecified atom stereocenters. The van der Waals surface area contributed by atoms with Crippen molar-refractivity contribution in [2.75, 3.05) is 0 Å². The van der Waals surface area contributed by atoms with Crippen LogP contribution >= 0.6 is 11.3 Å². The SMILES string of the molecule is O=c1c2sc3ccccc3c2nc2n1CCc1c-2[nH]c2ccccc12. The molecule has 4 nitrogen and oxygen atoms in total. The fourth-order valence-electron chi connectivity index (χ4n) is 3.95. The maximum absolute atomic E-state index is 13.1. The Morgan fingerprint density at radius 1 is 1.04 bits per heavy atom. The predicted octanol–water partition coefficient (Wildman–Crippen LogP) is 4.32. The van der Waals surface area contributed by atoms with Gasteiger partial charge in [0.05, 0.1) is 11.2 Å². The molecule has 5 aromatic rings. The summed E-state index contributed by atoms with van der Waals surface area (Å²) in [6.07, 6.45) is 0.852. The van der Waals surface area contributed by atoms with Gasteiger partial charge in [-0.05, 0) is 24.1 Å². The van der Waals surface area contributed by atoms with Crippen molar-refractivity contribution in [1.29, 1.82) is 0 Å². The maximum atomic E-state index is 13.1. The van der Waals surface area contributed by atoms with E-state index in [0.29, 0.717) is 6.54 Å². The van der Waals surface area contributed by atoms with Gasteiger partial charge in [0.1, 0.15) is 4.70 Å². The molecule has 5 heteroatoms. The summed E-state index contributed by atoms with van der Waals surface area (Å²) in [5, 5.41) is 2.29. The first-order valence-electron chi connectivity index (χ1n) is 8.33. The normalized spacial score (nSPS) is 13.4. The minimum absolute atomic E-state index is 0.0745. The number of hydrogen-bond donors (Lipinski definition) is 1. The number of hydrogen-bond acceptors (Lipinski definition) is 3. The number of aryl methyl sites for hydroxylation is 1. The van der Waals surface area contributed by atoms with Crippen LogP contribution in [0.3, 0.4) is 0 Å². The number of H-pyrrole nitrogens is 1. The second-order valence-electron chi connectivity index (χ2n) is 6.44. The molecule has 2 aromatic carbocycles. The monoisotopic (exact) mass is 343 g/mol. The molecule has 0 spiro atoms. The summed E-state index contributed by atoms with van der Waals surface area (Å²) in [6, 6.07) is 16.4. The topological polar surface area (TPSA) is 50.7 Å². The molecule has 6 rings (SSSR count). The molecule has 25 heavy (non-hydrogen) atoms. The van der Waals surface area contributed by atoms with Gasteiger partial charge in [0.2, 0.25) is 0 Å². The Bertz CT molecular complexity index is 1370. The van der Waals surface area contributed by atoms with E-state index in [1.54, 1.807) is 11.3 Å². The molecule has 3 aromatic heterocycles. The summed E-state index contributed by atoms with van der Waals surface area (Å²) in [7, 11) is 0. The van der Waals surface area contributed by atoms with Crippen molar-refractivity contribution in [2.45, 2.75) is 13.0 Å².